The third-order valence-electron chi connectivity index (χ3n) is 7.02. The minimum atomic E-state index is -1.24. The highest BCUT2D eigenvalue weighted by molar-refractivity contribution is 6.35. The number of ether oxygens (including phenoxy) is 1. The summed E-state index contributed by atoms with van der Waals surface area (Å²) in [5.74, 6) is -0.904. The highest BCUT2D eigenvalue weighted by atomic mass is 35.5. The minimum absolute atomic E-state index is 0.0332. The first-order valence-electron chi connectivity index (χ1n) is 11.7. The number of hydrogen-bond donors (Lipinski definition) is 2. The van der Waals surface area contributed by atoms with Crippen molar-refractivity contribution < 1.29 is 19.1 Å². The van der Waals surface area contributed by atoms with Crippen molar-refractivity contribution in [3.05, 3.63) is 70.2 Å². The molecule has 37 heavy (non-hydrogen) atoms. The van der Waals surface area contributed by atoms with Gasteiger partial charge in [0.15, 0.2) is 5.54 Å². The van der Waals surface area contributed by atoms with E-state index in [0.29, 0.717) is 15.7 Å². The molecular weight excluding hydrogens is 519 g/mol. The Labute approximate surface area is 221 Å². The van der Waals surface area contributed by atoms with Crippen LogP contribution in [-0.2, 0) is 19.9 Å². The predicted octanol–water partition coefficient (Wildman–Crippen LogP) is 3.13. The molecule has 12 heteroatoms. The average Bonchev–Trinajstić information content (AvgIpc) is 3.42. The molecule has 10 nitrogen and oxygen atoms in total. The quantitative estimate of drug-likeness (QED) is 0.495. The van der Waals surface area contributed by atoms with E-state index in [0.717, 1.165) is 18.5 Å². The van der Waals surface area contributed by atoms with Crippen molar-refractivity contribution in [3.63, 3.8) is 0 Å². The van der Waals surface area contributed by atoms with E-state index >= 15 is 0 Å². The predicted molar refractivity (Wildman–Crippen MR) is 135 cm³/mol. The first-order valence-corrected chi connectivity index (χ1v) is 12.5. The number of hydrogen-bond acceptors (Lipinski definition) is 6. The van der Waals surface area contributed by atoms with Crippen LogP contribution in [0.4, 0.5) is 11.6 Å². The Morgan fingerprint density at radius 1 is 1.08 bits per heavy atom. The summed E-state index contributed by atoms with van der Waals surface area (Å²) in [6, 6.07) is 9.63. The fourth-order valence-corrected chi connectivity index (χ4v) is 5.29. The summed E-state index contributed by atoms with van der Waals surface area (Å²) in [6.45, 7) is 1.74. The largest absolute Gasteiger partial charge is 0.375 e. The summed E-state index contributed by atoms with van der Waals surface area (Å²) in [6.07, 6.45) is 4.60. The number of aromatic nitrogens is 3. The lowest BCUT2D eigenvalue weighted by molar-refractivity contribution is -0.148. The molecular formula is C25H22Cl2N6O4. The van der Waals surface area contributed by atoms with Gasteiger partial charge in [0.1, 0.15) is 11.7 Å². The van der Waals surface area contributed by atoms with Crippen molar-refractivity contribution in [1.29, 1.82) is 0 Å². The van der Waals surface area contributed by atoms with Crippen LogP contribution < -0.4 is 15.5 Å². The van der Waals surface area contributed by atoms with Crippen LogP contribution in [0.2, 0.25) is 10.0 Å². The van der Waals surface area contributed by atoms with Crippen molar-refractivity contribution >= 4 is 52.6 Å². The van der Waals surface area contributed by atoms with E-state index in [1.54, 1.807) is 31.3 Å². The maximum absolute atomic E-state index is 13.4. The molecule has 2 aromatic heterocycles. The summed E-state index contributed by atoms with van der Waals surface area (Å²) in [4.78, 5) is 50.1. The molecule has 1 aliphatic carbocycles. The zero-order valence-electron chi connectivity index (χ0n) is 19.7. The molecule has 2 aliphatic heterocycles. The van der Waals surface area contributed by atoms with Gasteiger partial charge in [-0.3, -0.25) is 23.9 Å². The van der Waals surface area contributed by atoms with E-state index in [1.807, 2.05) is 18.2 Å². The van der Waals surface area contributed by atoms with Gasteiger partial charge in [0, 0.05) is 16.2 Å². The summed E-state index contributed by atoms with van der Waals surface area (Å²) < 4.78 is 6.88. The van der Waals surface area contributed by atoms with Crippen LogP contribution in [0, 0.1) is 0 Å². The molecule has 3 amide bonds. The number of amides is 3. The molecule has 3 aromatic rings. The molecule has 0 spiro atoms. The van der Waals surface area contributed by atoms with Crippen LogP contribution in [0.15, 0.2) is 48.8 Å². The highest BCUT2D eigenvalue weighted by Gasteiger charge is 2.54. The summed E-state index contributed by atoms with van der Waals surface area (Å²) in [5, 5.41) is 6.65. The lowest BCUT2D eigenvalue weighted by Gasteiger charge is -2.41. The van der Waals surface area contributed by atoms with Gasteiger partial charge in [-0.25, -0.2) is 9.88 Å². The fourth-order valence-electron chi connectivity index (χ4n) is 4.77. The van der Waals surface area contributed by atoms with E-state index in [9.17, 15) is 14.4 Å². The monoisotopic (exact) mass is 540 g/mol. The number of nitrogens with zero attached hydrogens (tertiary/aromatic N) is 4. The van der Waals surface area contributed by atoms with Gasteiger partial charge in [-0.1, -0.05) is 29.3 Å². The second kappa shape index (κ2) is 8.54. The van der Waals surface area contributed by atoms with Crippen LogP contribution in [0.5, 0.6) is 0 Å². The molecule has 3 aliphatic rings. The van der Waals surface area contributed by atoms with Gasteiger partial charge in [0.05, 0.1) is 36.3 Å². The number of imidazole rings is 1. The highest BCUT2D eigenvalue weighted by Crippen LogP contribution is 2.45. The molecule has 1 saturated carbocycles. The van der Waals surface area contributed by atoms with Gasteiger partial charge in [-0.15, -0.1) is 0 Å². The number of carbonyl (C=O) groups is 3. The first kappa shape index (κ1) is 23.9. The number of halogens is 2. The van der Waals surface area contributed by atoms with Crippen LogP contribution in [0.3, 0.4) is 0 Å². The summed E-state index contributed by atoms with van der Waals surface area (Å²) in [5.41, 5.74) is -0.400. The molecule has 0 unspecified atom stereocenters. The lowest BCUT2D eigenvalue weighted by Crippen LogP contribution is -2.70. The van der Waals surface area contributed by atoms with E-state index in [2.05, 4.69) is 20.6 Å². The van der Waals surface area contributed by atoms with E-state index in [-0.39, 0.29) is 36.7 Å². The SMILES string of the molecule is C[C@H]1C(=O)N(c2cc(Cl)cc(Cl)c2)c2ncc(C(=O)NC3(C(=O)NC4(c5ccccn5)CC4)COC3)n21. The Balaban J connectivity index is 1.25. The maximum atomic E-state index is 13.4. The second-order valence-corrected chi connectivity index (χ2v) is 10.4. The molecule has 4 heterocycles. The minimum Gasteiger partial charge on any atom is -0.375 e. The van der Waals surface area contributed by atoms with Crippen molar-refractivity contribution in [2.24, 2.45) is 0 Å². The van der Waals surface area contributed by atoms with Gasteiger partial charge < -0.3 is 15.4 Å². The van der Waals surface area contributed by atoms with Gasteiger partial charge in [-0.05, 0) is 50.1 Å². The Bertz CT molecular complexity index is 1410. The molecule has 2 fully saturated rings. The van der Waals surface area contributed by atoms with E-state index < -0.39 is 23.0 Å². The van der Waals surface area contributed by atoms with Gasteiger partial charge >= 0.3 is 0 Å². The second-order valence-electron chi connectivity index (χ2n) is 9.57. The summed E-state index contributed by atoms with van der Waals surface area (Å²) >= 11 is 12.3. The number of benzene rings is 1. The van der Waals surface area contributed by atoms with Crippen LogP contribution in [-0.4, -0.2) is 51.0 Å². The van der Waals surface area contributed by atoms with Crippen LogP contribution in [0.25, 0.3) is 0 Å². The molecule has 2 N–H and O–H groups in total. The van der Waals surface area contributed by atoms with Gasteiger partial charge in [0.2, 0.25) is 5.95 Å². The van der Waals surface area contributed by atoms with Crippen molar-refractivity contribution in [3.8, 4) is 0 Å². The van der Waals surface area contributed by atoms with Crippen LogP contribution in [0.1, 0.15) is 42.0 Å². The zero-order chi connectivity index (χ0) is 25.9. The lowest BCUT2D eigenvalue weighted by atomic mass is 9.94. The molecule has 1 aromatic carbocycles. The number of carbonyl (C=O) groups excluding carboxylic acids is 3. The van der Waals surface area contributed by atoms with Crippen LogP contribution >= 0.6 is 23.2 Å². The van der Waals surface area contributed by atoms with Crippen molar-refractivity contribution in [1.82, 2.24) is 25.2 Å². The third-order valence-corrected chi connectivity index (χ3v) is 7.46. The van der Waals surface area contributed by atoms with E-state index in [1.165, 1.54) is 15.7 Å². The zero-order valence-corrected chi connectivity index (χ0v) is 21.2. The maximum Gasteiger partial charge on any atom is 0.270 e. The fraction of sp³-hybridized carbons (Fsp3) is 0.320. The van der Waals surface area contributed by atoms with Crippen molar-refractivity contribution in [2.45, 2.75) is 36.9 Å². The average molecular weight is 541 g/mol. The molecule has 190 valence electrons. The number of anilines is 2. The third kappa shape index (κ3) is 3.87. The number of pyridine rings is 1. The Morgan fingerprint density at radius 2 is 1.81 bits per heavy atom. The first-order chi connectivity index (χ1) is 17.7. The standard InChI is InChI=1S/C25H22Cl2N6O4/c1-14-21(35)33(17-9-15(26)8-16(27)10-17)23-29-11-18(32(14)23)20(34)30-25(12-37-13-25)22(36)31-24(5-6-24)19-4-2-3-7-28-19/h2-4,7-11,14H,5-6,12-13H2,1H3,(H,30,34)(H,31,36)/t14-/m0/s1. The van der Waals surface area contributed by atoms with Crippen molar-refractivity contribution in [2.75, 3.05) is 18.1 Å². The van der Waals surface area contributed by atoms with Gasteiger partial charge in [-0.2, -0.15) is 0 Å². The molecule has 0 bridgehead atoms. The number of rotatable bonds is 6. The topological polar surface area (TPSA) is 118 Å². The van der Waals surface area contributed by atoms with Gasteiger partial charge in [0.25, 0.3) is 17.7 Å². The normalized spacial score (nSPS) is 20.7. The molecule has 1 atom stereocenters. The van der Waals surface area contributed by atoms with E-state index in [4.69, 9.17) is 27.9 Å². The summed E-state index contributed by atoms with van der Waals surface area (Å²) in [7, 11) is 0. The number of fused-ring (bicyclic) bond motifs is 1. The Morgan fingerprint density at radius 3 is 2.41 bits per heavy atom. The molecule has 1 saturated heterocycles. The Hall–Kier alpha value is -3.47. The number of nitrogens with one attached hydrogen (secondary N) is 2. The Kier molecular flexibility index (Phi) is 5.52. The molecule has 0 radical (unpaired) electrons. The molecule has 6 rings (SSSR count). The smallest absolute Gasteiger partial charge is 0.270 e.